The minimum Gasteiger partial charge on any atom is -0.228 e. The van der Waals surface area contributed by atoms with Gasteiger partial charge in [-0.2, -0.15) is 12.7 Å². The van der Waals surface area contributed by atoms with E-state index in [1.807, 2.05) is 0 Å². The molecular formula is C7H17N3O4S2. The standard InChI is InChI=1S/C7H17N3O4S2/c1-2-9-16(13,14)10-5-3-4-7(6-10)15(8,11)12/h7,9H,2-6H2,1H3,(H2,8,11,12). The predicted molar refractivity (Wildman–Crippen MR) is 60.3 cm³/mol. The first-order valence-corrected chi connectivity index (χ1v) is 8.08. The van der Waals surface area contributed by atoms with Gasteiger partial charge in [0.25, 0.3) is 10.2 Å². The van der Waals surface area contributed by atoms with E-state index < -0.39 is 25.5 Å². The van der Waals surface area contributed by atoms with E-state index in [-0.39, 0.29) is 13.1 Å². The van der Waals surface area contributed by atoms with Crippen LogP contribution in [0.4, 0.5) is 0 Å². The van der Waals surface area contributed by atoms with Crippen LogP contribution in [0.5, 0.6) is 0 Å². The van der Waals surface area contributed by atoms with Gasteiger partial charge >= 0.3 is 0 Å². The lowest BCUT2D eigenvalue weighted by atomic mass is 10.2. The zero-order chi connectivity index (χ0) is 12.4. The minimum atomic E-state index is -3.67. The number of sulfonamides is 1. The topological polar surface area (TPSA) is 110 Å². The molecule has 0 aromatic rings. The summed E-state index contributed by atoms with van der Waals surface area (Å²) in [5.74, 6) is 0. The Hall–Kier alpha value is -0.220. The van der Waals surface area contributed by atoms with Gasteiger partial charge in [-0.1, -0.05) is 6.92 Å². The van der Waals surface area contributed by atoms with Crippen molar-refractivity contribution < 1.29 is 16.8 Å². The molecule has 3 N–H and O–H groups in total. The van der Waals surface area contributed by atoms with Crippen LogP contribution in [0.2, 0.25) is 0 Å². The molecule has 1 saturated heterocycles. The van der Waals surface area contributed by atoms with Crippen LogP contribution in [0.1, 0.15) is 19.8 Å². The van der Waals surface area contributed by atoms with Crippen LogP contribution in [-0.2, 0) is 20.2 Å². The number of rotatable bonds is 4. The Balaban J connectivity index is 2.79. The maximum atomic E-state index is 11.6. The minimum absolute atomic E-state index is 0.0613. The maximum Gasteiger partial charge on any atom is 0.279 e. The van der Waals surface area contributed by atoms with Gasteiger partial charge in [-0.05, 0) is 12.8 Å². The van der Waals surface area contributed by atoms with Gasteiger partial charge in [-0.3, -0.25) is 0 Å². The zero-order valence-electron chi connectivity index (χ0n) is 9.09. The average Bonchev–Trinajstić information content (AvgIpc) is 2.16. The van der Waals surface area contributed by atoms with Gasteiger partial charge in [-0.15, -0.1) is 0 Å². The summed E-state index contributed by atoms with van der Waals surface area (Å²) in [6.07, 6.45) is 0.919. The third kappa shape index (κ3) is 3.39. The van der Waals surface area contributed by atoms with Crippen LogP contribution in [0.3, 0.4) is 0 Å². The van der Waals surface area contributed by atoms with Crippen molar-refractivity contribution in [3.8, 4) is 0 Å². The molecule has 1 atom stereocenters. The molecule has 1 aliphatic heterocycles. The van der Waals surface area contributed by atoms with E-state index in [9.17, 15) is 16.8 Å². The van der Waals surface area contributed by atoms with Crippen LogP contribution in [0, 0.1) is 0 Å². The van der Waals surface area contributed by atoms with E-state index in [1.54, 1.807) is 6.92 Å². The maximum absolute atomic E-state index is 11.6. The van der Waals surface area contributed by atoms with Crippen molar-refractivity contribution in [1.82, 2.24) is 9.03 Å². The normalized spacial score (nSPS) is 24.5. The molecule has 7 nitrogen and oxygen atoms in total. The monoisotopic (exact) mass is 271 g/mol. The zero-order valence-corrected chi connectivity index (χ0v) is 10.7. The molecule has 0 aromatic carbocycles. The number of nitrogens with zero attached hydrogens (tertiary/aromatic N) is 1. The largest absolute Gasteiger partial charge is 0.279 e. The lowest BCUT2D eigenvalue weighted by Gasteiger charge is -2.30. The summed E-state index contributed by atoms with van der Waals surface area (Å²) < 4.78 is 49.0. The number of nitrogens with two attached hydrogens (primary N) is 1. The van der Waals surface area contributed by atoms with Crippen molar-refractivity contribution in [3.63, 3.8) is 0 Å². The predicted octanol–water partition coefficient (Wildman–Crippen LogP) is -1.41. The fraction of sp³-hybridized carbons (Fsp3) is 1.00. The third-order valence-electron chi connectivity index (χ3n) is 2.47. The molecule has 96 valence electrons. The first kappa shape index (κ1) is 13.8. The fourth-order valence-corrected chi connectivity index (χ4v) is 3.94. The second kappa shape index (κ2) is 4.96. The van der Waals surface area contributed by atoms with E-state index in [0.29, 0.717) is 19.4 Å². The van der Waals surface area contributed by atoms with Gasteiger partial charge < -0.3 is 0 Å². The average molecular weight is 271 g/mol. The van der Waals surface area contributed by atoms with E-state index in [1.165, 1.54) is 0 Å². The van der Waals surface area contributed by atoms with Crippen molar-refractivity contribution in [2.24, 2.45) is 5.14 Å². The Kier molecular flexibility index (Phi) is 4.29. The molecule has 1 aliphatic rings. The molecule has 0 aliphatic carbocycles. The molecule has 1 rings (SSSR count). The highest BCUT2D eigenvalue weighted by molar-refractivity contribution is 7.90. The second-order valence-electron chi connectivity index (χ2n) is 3.71. The van der Waals surface area contributed by atoms with Crippen molar-refractivity contribution in [2.75, 3.05) is 19.6 Å². The number of hydrogen-bond acceptors (Lipinski definition) is 4. The Morgan fingerprint density at radius 1 is 1.38 bits per heavy atom. The van der Waals surface area contributed by atoms with E-state index in [2.05, 4.69) is 4.72 Å². The molecule has 16 heavy (non-hydrogen) atoms. The van der Waals surface area contributed by atoms with Crippen LogP contribution in [0.15, 0.2) is 0 Å². The van der Waals surface area contributed by atoms with E-state index in [0.717, 1.165) is 4.31 Å². The highest BCUT2D eigenvalue weighted by Crippen LogP contribution is 2.17. The fourth-order valence-electron chi connectivity index (χ4n) is 1.67. The smallest absolute Gasteiger partial charge is 0.228 e. The van der Waals surface area contributed by atoms with Gasteiger partial charge in [0.1, 0.15) is 0 Å². The summed E-state index contributed by atoms with van der Waals surface area (Å²) in [5, 5.41) is 4.22. The van der Waals surface area contributed by atoms with Gasteiger partial charge in [0.2, 0.25) is 10.0 Å². The van der Waals surface area contributed by atoms with E-state index in [4.69, 9.17) is 5.14 Å². The molecule has 1 heterocycles. The highest BCUT2D eigenvalue weighted by atomic mass is 32.2. The number of hydrogen-bond donors (Lipinski definition) is 2. The molecule has 0 radical (unpaired) electrons. The Morgan fingerprint density at radius 2 is 2.00 bits per heavy atom. The Morgan fingerprint density at radius 3 is 2.50 bits per heavy atom. The second-order valence-corrected chi connectivity index (χ2v) is 7.31. The summed E-state index contributed by atoms with van der Waals surface area (Å²) in [6, 6.07) is 0. The lowest BCUT2D eigenvalue weighted by Crippen LogP contribution is -2.50. The molecule has 0 aromatic heterocycles. The first-order valence-electron chi connectivity index (χ1n) is 5.03. The molecular weight excluding hydrogens is 254 g/mol. The molecule has 0 amide bonds. The van der Waals surface area contributed by atoms with Crippen molar-refractivity contribution >= 4 is 20.2 Å². The SMILES string of the molecule is CCNS(=O)(=O)N1CCCC(S(N)(=O)=O)C1. The van der Waals surface area contributed by atoms with Crippen molar-refractivity contribution in [1.29, 1.82) is 0 Å². The lowest BCUT2D eigenvalue weighted by molar-refractivity contribution is 0.341. The van der Waals surface area contributed by atoms with Gasteiger partial charge in [0, 0.05) is 19.6 Å². The van der Waals surface area contributed by atoms with Crippen LogP contribution < -0.4 is 9.86 Å². The van der Waals surface area contributed by atoms with Crippen LogP contribution in [-0.4, -0.2) is 46.0 Å². The molecule has 0 bridgehead atoms. The number of piperidine rings is 1. The highest BCUT2D eigenvalue weighted by Gasteiger charge is 2.33. The van der Waals surface area contributed by atoms with Gasteiger partial charge in [0.05, 0.1) is 5.25 Å². The Labute approximate surface area is 96.2 Å². The summed E-state index contributed by atoms with van der Waals surface area (Å²) in [6.45, 7) is 2.22. The van der Waals surface area contributed by atoms with Gasteiger partial charge in [0.15, 0.2) is 0 Å². The Bertz CT molecular complexity index is 431. The third-order valence-corrected chi connectivity index (χ3v) is 5.45. The summed E-state index contributed by atoms with van der Waals surface area (Å²) in [7, 11) is -7.23. The first-order chi connectivity index (χ1) is 7.27. The molecule has 1 fully saturated rings. The molecule has 0 saturated carbocycles. The molecule has 0 spiro atoms. The molecule has 9 heteroatoms. The van der Waals surface area contributed by atoms with Crippen LogP contribution >= 0.6 is 0 Å². The summed E-state index contributed by atoms with van der Waals surface area (Å²) in [4.78, 5) is 0. The quantitative estimate of drug-likeness (QED) is 0.655. The van der Waals surface area contributed by atoms with Gasteiger partial charge in [-0.25, -0.2) is 18.3 Å². The molecule has 1 unspecified atom stereocenters. The van der Waals surface area contributed by atoms with Crippen LogP contribution in [0.25, 0.3) is 0 Å². The number of primary sulfonamides is 1. The van der Waals surface area contributed by atoms with E-state index >= 15 is 0 Å². The number of nitrogens with one attached hydrogen (secondary N) is 1. The van der Waals surface area contributed by atoms with Crippen molar-refractivity contribution in [2.45, 2.75) is 25.0 Å². The summed E-state index contributed by atoms with van der Waals surface area (Å²) >= 11 is 0. The van der Waals surface area contributed by atoms with Crippen molar-refractivity contribution in [3.05, 3.63) is 0 Å². The summed E-state index contributed by atoms with van der Waals surface area (Å²) in [5.41, 5.74) is 0.